The third kappa shape index (κ3) is 3.35. The summed E-state index contributed by atoms with van der Waals surface area (Å²) in [7, 11) is 0. The Balaban J connectivity index is 2.41. The van der Waals surface area contributed by atoms with E-state index in [2.05, 4.69) is 15.0 Å². The first-order valence-corrected chi connectivity index (χ1v) is 5.97. The van der Waals surface area contributed by atoms with Crippen molar-refractivity contribution in [1.29, 1.82) is 0 Å². The van der Waals surface area contributed by atoms with Crippen LogP contribution < -0.4 is 4.74 Å². The zero-order valence-electron chi connectivity index (χ0n) is 10.0. The van der Waals surface area contributed by atoms with Crippen LogP contribution in [0.4, 0.5) is 8.78 Å². The highest BCUT2D eigenvalue weighted by molar-refractivity contribution is 6.28. The molecule has 0 fully saturated rings. The Kier molecular flexibility index (Phi) is 4.21. The molecule has 7 heteroatoms. The molecule has 0 amide bonds. The summed E-state index contributed by atoms with van der Waals surface area (Å²) in [5, 5.41) is -0.111. The summed E-state index contributed by atoms with van der Waals surface area (Å²) < 4.78 is 31.7. The van der Waals surface area contributed by atoms with Gasteiger partial charge in [-0.3, -0.25) is 0 Å². The number of hydrogen-bond donors (Lipinski definition) is 0. The molecule has 0 atom stereocenters. The van der Waals surface area contributed by atoms with Gasteiger partial charge in [-0.25, -0.2) is 8.78 Å². The molecule has 19 heavy (non-hydrogen) atoms. The number of rotatable bonds is 4. The summed E-state index contributed by atoms with van der Waals surface area (Å²) in [6.07, 6.45) is 0.767. The van der Waals surface area contributed by atoms with E-state index in [1.165, 1.54) is 6.07 Å². The highest BCUT2D eigenvalue weighted by Crippen LogP contribution is 2.22. The molecule has 0 saturated carbocycles. The Hall–Kier alpha value is -1.82. The second kappa shape index (κ2) is 5.88. The first-order chi connectivity index (χ1) is 9.10. The third-order valence-electron chi connectivity index (χ3n) is 2.19. The average Bonchev–Trinajstić information content (AvgIpc) is 2.35. The molecule has 0 bridgehead atoms. The minimum Gasteiger partial charge on any atom is -0.463 e. The Morgan fingerprint density at radius 1 is 1.21 bits per heavy atom. The summed E-state index contributed by atoms with van der Waals surface area (Å²) in [6, 6.07) is 3.11. The Morgan fingerprint density at radius 3 is 2.68 bits per heavy atom. The van der Waals surface area contributed by atoms with Crippen LogP contribution in [0.15, 0.2) is 18.2 Å². The fraction of sp³-hybridized carbons (Fsp3) is 0.250. The van der Waals surface area contributed by atoms with E-state index in [9.17, 15) is 8.78 Å². The molecule has 0 unspecified atom stereocenters. The molecule has 0 aliphatic heterocycles. The van der Waals surface area contributed by atoms with Gasteiger partial charge in [0.1, 0.15) is 11.6 Å². The largest absolute Gasteiger partial charge is 0.463 e. The number of ether oxygens (including phenoxy) is 1. The molecule has 0 aliphatic rings. The van der Waals surface area contributed by atoms with E-state index in [0.717, 1.165) is 18.6 Å². The molecular weight excluding hydrogens is 276 g/mol. The van der Waals surface area contributed by atoms with E-state index < -0.39 is 11.6 Å². The summed E-state index contributed by atoms with van der Waals surface area (Å²) in [5.41, 5.74) is 0.0343. The first kappa shape index (κ1) is 13.6. The summed E-state index contributed by atoms with van der Waals surface area (Å²) >= 11 is 5.72. The van der Waals surface area contributed by atoms with Crippen LogP contribution >= 0.6 is 11.6 Å². The topological polar surface area (TPSA) is 47.9 Å². The molecule has 100 valence electrons. The van der Waals surface area contributed by atoms with Crippen LogP contribution in [-0.4, -0.2) is 21.6 Å². The van der Waals surface area contributed by atoms with E-state index in [1.807, 2.05) is 6.92 Å². The van der Waals surface area contributed by atoms with Gasteiger partial charge in [-0.1, -0.05) is 6.92 Å². The van der Waals surface area contributed by atoms with Gasteiger partial charge in [-0.05, 0) is 30.2 Å². The predicted octanol–water partition coefficient (Wildman–Crippen LogP) is 3.26. The van der Waals surface area contributed by atoms with E-state index >= 15 is 0 Å². The Bertz CT molecular complexity index is 595. The van der Waals surface area contributed by atoms with Gasteiger partial charge in [0.2, 0.25) is 5.28 Å². The molecule has 2 aromatic rings. The van der Waals surface area contributed by atoms with Gasteiger partial charge in [-0.15, -0.1) is 0 Å². The summed E-state index contributed by atoms with van der Waals surface area (Å²) in [5.74, 6) is -1.45. The second-order valence-corrected chi connectivity index (χ2v) is 4.02. The minimum absolute atomic E-state index is 0.00334. The molecule has 4 nitrogen and oxygen atoms in total. The maximum Gasteiger partial charge on any atom is 0.321 e. The number of halogens is 3. The van der Waals surface area contributed by atoms with Crippen molar-refractivity contribution in [3.8, 4) is 17.4 Å². The van der Waals surface area contributed by atoms with Crippen LogP contribution in [0.25, 0.3) is 11.4 Å². The lowest BCUT2D eigenvalue weighted by Gasteiger charge is -2.06. The maximum atomic E-state index is 13.6. The molecule has 0 aliphatic carbocycles. The van der Waals surface area contributed by atoms with Crippen LogP contribution in [0.3, 0.4) is 0 Å². The molecule has 1 aromatic heterocycles. The van der Waals surface area contributed by atoms with Crippen LogP contribution in [0.5, 0.6) is 6.01 Å². The van der Waals surface area contributed by atoms with E-state index in [1.54, 1.807) is 0 Å². The monoisotopic (exact) mass is 285 g/mol. The Labute approximate surface area is 113 Å². The van der Waals surface area contributed by atoms with Crippen molar-refractivity contribution < 1.29 is 13.5 Å². The average molecular weight is 286 g/mol. The molecule has 1 heterocycles. The van der Waals surface area contributed by atoms with Crippen molar-refractivity contribution in [2.75, 3.05) is 6.61 Å². The van der Waals surface area contributed by atoms with Crippen molar-refractivity contribution in [3.05, 3.63) is 35.1 Å². The van der Waals surface area contributed by atoms with Gasteiger partial charge >= 0.3 is 6.01 Å². The standard InChI is InChI=1S/C12H10ClF2N3O/c1-2-5-19-12-17-10(16-11(13)18-12)8-4-3-7(14)6-9(8)15/h3-4,6H,2,5H2,1H3. The predicted molar refractivity (Wildman–Crippen MR) is 66.0 cm³/mol. The Morgan fingerprint density at radius 2 is 2.00 bits per heavy atom. The van der Waals surface area contributed by atoms with Crippen LogP contribution in [0.1, 0.15) is 13.3 Å². The third-order valence-corrected chi connectivity index (χ3v) is 2.36. The zero-order valence-corrected chi connectivity index (χ0v) is 10.8. The highest BCUT2D eigenvalue weighted by atomic mass is 35.5. The first-order valence-electron chi connectivity index (χ1n) is 5.60. The zero-order chi connectivity index (χ0) is 13.8. The van der Waals surface area contributed by atoms with Gasteiger partial charge in [0.25, 0.3) is 0 Å². The molecule has 0 spiro atoms. The summed E-state index contributed by atoms with van der Waals surface area (Å²) in [6.45, 7) is 2.33. The number of nitrogens with zero attached hydrogens (tertiary/aromatic N) is 3. The SMILES string of the molecule is CCCOc1nc(Cl)nc(-c2ccc(F)cc2F)n1. The second-order valence-electron chi connectivity index (χ2n) is 3.68. The normalized spacial score (nSPS) is 10.5. The number of aromatic nitrogens is 3. The van der Waals surface area contributed by atoms with Crippen LogP contribution in [0, 0.1) is 11.6 Å². The van der Waals surface area contributed by atoms with Crippen molar-refractivity contribution in [2.24, 2.45) is 0 Å². The lowest BCUT2D eigenvalue weighted by Crippen LogP contribution is -2.03. The lowest BCUT2D eigenvalue weighted by molar-refractivity contribution is 0.291. The minimum atomic E-state index is -0.774. The van der Waals surface area contributed by atoms with Crippen molar-refractivity contribution >= 4 is 11.6 Å². The van der Waals surface area contributed by atoms with Crippen LogP contribution in [0.2, 0.25) is 5.28 Å². The van der Waals surface area contributed by atoms with Crippen molar-refractivity contribution in [1.82, 2.24) is 15.0 Å². The van der Waals surface area contributed by atoms with E-state index in [4.69, 9.17) is 16.3 Å². The van der Waals surface area contributed by atoms with Crippen molar-refractivity contribution in [3.63, 3.8) is 0 Å². The van der Waals surface area contributed by atoms with E-state index in [-0.39, 0.29) is 22.7 Å². The van der Waals surface area contributed by atoms with Gasteiger partial charge in [0.15, 0.2) is 5.82 Å². The number of benzene rings is 1. The van der Waals surface area contributed by atoms with Crippen LogP contribution in [-0.2, 0) is 0 Å². The summed E-state index contributed by atoms with van der Waals surface area (Å²) in [4.78, 5) is 11.5. The van der Waals surface area contributed by atoms with Gasteiger partial charge in [0, 0.05) is 6.07 Å². The molecule has 2 rings (SSSR count). The smallest absolute Gasteiger partial charge is 0.321 e. The molecule has 1 aromatic carbocycles. The van der Waals surface area contributed by atoms with Gasteiger partial charge < -0.3 is 4.74 Å². The molecule has 0 radical (unpaired) electrons. The molecular formula is C12H10ClF2N3O. The van der Waals surface area contributed by atoms with Crippen molar-refractivity contribution in [2.45, 2.75) is 13.3 Å². The van der Waals surface area contributed by atoms with Gasteiger partial charge in [-0.2, -0.15) is 15.0 Å². The molecule has 0 saturated heterocycles. The molecule has 0 N–H and O–H groups in total. The highest BCUT2D eigenvalue weighted by Gasteiger charge is 2.13. The quantitative estimate of drug-likeness (QED) is 0.865. The lowest BCUT2D eigenvalue weighted by atomic mass is 10.2. The van der Waals surface area contributed by atoms with Gasteiger partial charge in [0.05, 0.1) is 12.2 Å². The fourth-order valence-corrected chi connectivity index (χ4v) is 1.53. The fourth-order valence-electron chi connectivity index (χ4n) is 1.38. The maximum absolute atomic E-state index is 13.6. The van der Waals surface area contributed by atoms with E-state index in [0.29, 0.717) is 6.61 Å². The number of hydrogen-bond acceptors (Lipinski definition) is 4.